The highest BCUT2D eigenvalue weighted by atomic mass is 16.3. The highest BCUT2D eigenvalue weighted by Gasteiger charge is 2.54. The van der Waals surface area contributed by atoms with Gasteiger partial charge in [-0.2, -0.15) is 0 Å². The second kappa shape index (κ2) is 6.89. The first-order valence-corrected chi connectivity index (χ1v) is 11.0. The minimum absolute atomic E-state index is 0.0319. The Bertz CT molecular complexity index is 925. The molecule has 1 atom stereocenters. The van der Waals surface area contributed by atoms with Crippen molar-refractivity contribution in [3.63, 3.8) is 0 Å². The molecule has 29 heavy (non-hydrogen) atoms. The third-order valence-corrected chi connectivity index (χ3v) is 7.58. The van der Waals surface area contributed by atoms with Crippen LogP contribution in [0, 0.1) is 30.1 Å². The third kappa shape index (κ3) is 3.24. The van der Waals surface area contributed by atoms with Gasteiger partial charge in [0.1, 0.15) is 11.3 Å². The molecule has 1 heterocycles. The molecule has 5 nitrogen and oxygen atoms in total. The Morgan fingerprint density at radius 1 is 1.10 bits per heavy atom. The lowest BCUT2D eigenvalue weighted by atomic mass is 9.49. The van der Waals surface area contributed by atoms with E-state index in [0.717, 1.165) is 59.3 Å². The summed E-state index contributed by atoms with van der Waals surface area (Å²) in [6, 6.07) is 7.64. The maximum absolute atomic E-state index is 13.0. The number of amides is 2. The van der Waals surface area contributed by atoms with Crippen molar-refractivity contribution in [1.29, 1.82) is 0 Å². The summed E-state index contributed by atoms with van der Waals surface area (Å²) in [6.07, 6.45) is 6.97. The second-order valence-electron chi connectivity index (χ2n) is 9.76. The van der Waals surface area contributed by atoms with Crippen LogP contribution in [0.4, 0.5) is 0 Å². The van der Waals surface area contributed by atoms with Crippen LogP contribution in [0.25, 0.3) is 11.0 Å². The molecule has 2 aromatic rings. The zero-order valence-electron chi connectivity index (χ0n) is 17.3. The van der Waals surface area contributed by atoms with Gasteiger partial charge in [-0.25, -0.2) is 0 Å². The fraction of sp³-hybridized carbons (Fsp3) is 0.583. The molecule has 2 amide bonds. The van der Waals surface area contributed by atoms with Crippen molar-refractivity contribution >= 4 is 22.8 Å². The molecule has 2 N–H and O–H groups in total. The fourth-order valence-corrected chi connectivity index (χ4v) is 6.70. The normalized spacial score (nSPS) is 31.0. The van der Waals surface area contributed by atoms with E-state index >= 15 is 0 Å². The van der Waals surface area contributed by atoms with Gasteiger partial charge in [0.25, 0.3) is 0 Å². The fourth-order valence-electron chi connectivity index (χ4n) is 6.70. The number of nitrogens with one attached hydrogen (secondary N) is 2. The van der Waals surface area contributed by atoms with Crippen molar-refractivity contribution in [3.05, 3.63) is 35.6 Å². The molecule has 0 aliphatic heterocycles. The summed E-state index contributed by atoms with van der Waals surface area (Å²) in [5.74, 6) is 2.85. The van der Waals surface area contributed by atoms with E-state index in [1.165, 1.54) is 19.3 Å². The van der Waals surface area contributed by atoms with Crippen LogP contribution in [0.5, 0.6) is 0 Å². The van der Waals surface area contributed by atoms with Crippen molar-refractivity contribution in [1.82, 2.24) is 10.6 Å². The summed E-state index contributed by atoms with van der Waals surface area (Å²) < 4.78 is 5.95. The summed E-state index contributed by atoms with van der Waals surface area (Å²) in [7, 11) is 0. The number of benzene rings is 1. The molecule has 1 unspecified atom stereocenters. The molecular weight excluding hydrogens is 364 g/mol. The van der Waals surface area contributed by atoms with E-state index in [0.29, 0.717) is 0 Å². The van der Waals surface area contributed by atoms with Crippen LogP contribution in [0.1, 0.15) is 62.8 Å². The molecule has 4 aliphatic rings. The molecule has 5 heteroatoms. The Morgan fingerprint density at radius 3 is 2.34 bits per heavy atom. The number of para-hydroxylation sites is 1. The van der Waals surface area contributed by atoms with Gasteiger partial charge in [0.15, 0.2) is 0 Å². The SMILES string of the molecule is Cc1c(C(C)NC(=O)CNC(=O)C23CC4CC(CC(C4)C2)C3)oc2ccccc12. The molecule has 4 aliphatic carbocycles. The van der Waals surface area contributed by atoms with Gasteiger partial charge >= 0.3 is 0 Å². The van der Waals surface area contributed by atoms with Gasteiger partial charge in [0, 0.05) is 16.4 Å². The smallest absolute Gasteiger partial charge is 0.239 e. The van der Waals surface area contributed by atoms with Crippen LogP contribution in [-0.4, -0.2) is 18.4 Å². The van der Waals surface area contributed by atoms with Crippen molar-refractivity contribution in [3.8, 4) is 0 Å². The van der Waals surface area contributed by atoms with Gasteiger partial charge in [-0.3, -0.25) is 9.59 Å². The number of rotatable bonds is 5. The van der Waals surface area contributed by atoms with Gasteiger partial charge in [-0.1, -0.05) is 18.2 Å². The topological polar surface area (TPSA) is 71.3 Å². The summed E-state index contributed by atoms with van der Waals surface area (Å²) in [4.78, 5) is 25.5. The number of hydrogen-bond acceptors (Lipinski definition) is 3. The van der Waals surface area contributed by atoms with E-state index in [1.807, 2.05) is 38.1 Å². The molecule has 4 bridgehead atoms. The van der Waals surface area contributed by atoms with Crippen molar-refractivity contribution in [2.24, 2.45) is 23.2 Å². The Morgan fingerprint density at radius 2 is 1.72 bits per heavy atom. The van der Waals surface area contributed by atoms with E-state index in [1.54, 1.807) is 0 Å². The summed E-state index contributed by atoms with van der Waals surface area (Å²) in [5, 5.41) is 7.00. The molecule has 4 saturated carbocycles. The van der Waals surface area contributed by atoms with Crippen LogP contribution in [-0.2, 0) is 9.59 Å². The minimum atomic E-state index is -0.244. The standard InChI is InChI=1S/C24H30N2O3/c1-14-19-5-3-4-6-20(19)29-22(14)15(2)26-21(27)13-25-23(28)24-10-16-7-17(11-24)9-18(8-16)12-24/h3-6,15-18H,7-13H2,1-2H3,(H,25,28)(H,26,27). The number of carbonyl (C=O) groups is 2. The number of carbonyl (C=O) groups excluding carboxylic acids is 2. The van der Waals surface area contributed by atoms with Gasteiger partial charge in [-0.05, 0) is 76.2 Å². The van der Waals surface area contributed by atoms with Crippen molar-refractivity contribution in [2.75, 3.05) is 6.54 Å². The Labute approximate surface area is 171 Å². The van der Waals surface area contributed by atoms with Crippen LogP contribution in [0.2, 0.25) is 0 Å². The van der Waals surface area contributed by atoms with Crippen molar-refractivity contribution < 1.29 is 14.0 Å². The van der Waals surface area contributed by atoms with Crippen molar-refractivity contribution in [2.45, 2.75) is 58.4 Å². The molecule has 0 saturated heterocycles. The minimum Gasteiger partial charge on any atom is -0.459 e. The predicted octanol–water partition coefficient (Wildman–Crippen LogP) is 4.25. The molecule has 1 aromatic heterocycles. The lowest BCUT2D eigenvalue weighted by molar-refractivity contribution is -0.147. The largest absolute Gasteiger partial charge is 0.459 e. The first kappa shape index (κ1) is 18.7. The van der Waals surface area contributed by atoms with Crippen LogP contribution < -0.4 is 10.6 Å². The van der Waals surface area contributed by atoms with Gasteiger partial charge in [0.2, 0.25) is 11.8 Å². The predicted molar refractivity (Wildman–Crippen MR) is 111 cm³/mol. The average Bonchev–Trinajstić information content (AvgIpc) is 3.02. The molecular formula is C24H30N2O3. The average molecular weight is 395 g/mol. The first-order chi connectivity index (χ1) is 13.9. The van der Waals surface area contributed by atoms with Crippen LogP contribution in [0.15, 0.2) is 28.7 Å². The number of furan rings is 1. The van der Waals surface area contributed by atoms with E-state index < -0.39 is 0 Å². The van der Waals surface area contributed by atoms with Gasteiger partial charge < -0.3 is 15.1 Å². The van der Waals surface area contributed by atoms with E-state index in [9.17, 15) is 9.59 Å². The summed E-state index contributed by atoms with van der Waals surface area (Å²) >= 11 is 0. The Balaban J connectivity index is 1.20. The highest BCUT2D eigenvalue weighted by Crippen LogP contribution is 2.60. The molecule has 6 rings (SSSR count). The van der Waals surface area contributed by atoms with E-state index in [4.69, 9.17) is 4.42 Å². The Kier molecular flexibility index (Phi) is 4.45. The zero-order valence-corrected chi connectivity index (χ0v) is 17.3. The lowest BCUT2D eigenvalue weighted by Crippen LogP contribution is -2.54. The third-order valence-electron chi connectivity index (χ3n) is 7.58. The van der Waals surface area contributed by atoms with Gasteiger partial charge in [0.05, 0.1) is 12.6 Å². The Hall–Kier alpha value is -2.30. The highest BCUT2D eigenvalue weighted by molar-refractivity contribution is 5.88. The maximum atomic E-state index is 13.0. The zero-order chi connectivity index (χ0) is 20.2. The maximum Gasteiger partial charge on any atom is 0.239 e. The quantitative estimate of drug-likeness (QED) is 0.796. The number of aryl methyl sites for hydroxylation is 1. The van der Waals surface area contributed by atoms with Crippen LogP contribution >= 0.6 is 0 Å². The molecule has 4 fully saturated rings. The molecule has 154 valence electrons. The number of fused-ring (bicyclic) bond motifs is 1. The number of hydrogen-bond donors (Lipinski definition) is 2. The monoisotopic (exact) mass is 394 g/mol. The van der Waals surface area contributed by atoms with Crippen LogP contribution in [0.3, 0.4) is 0 Å². The summed E-state index contributed by atoms with van der Waals surface area (Å²) in [5.41, 5.74) is 1.66. The van der Waals surface area contributed by atoms with Gasteiger partial charge in [-0.15, -0.1) is 0 Å². The first-order valence-electron chi connectivity index (χ1n) is 11.0. The van der Waals surface area contributed by atoms with E-state index in [2.05, 4.69) is 10.6 Å². The van der Waals surface area contributed by atoms with E-state index in [-0.39, 0.29) is 29.8 Å². The molecule has 0 radical (unpaired) electrons. The summed E-state index contributed by atoms with van der Waals surface area (Å²) in [6.45, 7) is 3.96. The molecule has 0 spiro atoms. The molecule has 1 aromatic carbocycles. The second-order valence-corrected chi connectivity index (χ2v) is 9.76. The lowest BCUT2D eigenvalue weighted by Gasteiger charge is -2.55.